The van der Waals surface area contributed by atoms with Gasteiger partial charge in [0.1, 0.15) is 0 Å². The second-order valence-corrected chi connectivity index (χ2v) is 9.98. The summed E-state index contributed by atoms with van der Waals surface area (Å²) in [5, 5.41) is 0.539. The zero-order chi connectivity index (χ0) is 25.6. The molecular weight excluding hydrogens is 466 g/mol. The van der Waals surface area contributed by atoms with E-state index in [4.69, 9.17) is 4.99 Å². The number of fused-ring (bicyclic) bond motifs is 1. The normalized spacial score (nSPS) is 18.4. The van der Waals surface area contributed by atoms with Crippen molar-refractivity contribution in [3.8, 4) is 0 Å². The van der Waals surface area contributed by atoms with E-state index in [0.29, 0.717) is 22.2 Å². The van der Waals surface area contributed by atoms with Gasteiger partial charge < -0.3 is 4.90 Å². The van der Waals surface area contributed by atoms with Gasteiger partial charge in [-0.25, -0.2) is 4.99 Å². The van der Waals surface area contributed by atoms with Gasteiger partial charge in [0, 0.05) is 12.1 Å². The van der Waals surface area contributed by atoms with Crippen molar-refractivity contribution < 1.29 is 9.59 Å². The number of aliphatic imine (C=N–C) groups is 1. The molecule has 2 aliphatic heterocycles. The molecule has 6 heteroatoms. The van der Waals surface area contributed by atoms with Crippen LogP contribution in [-0.4, -0.2) is 23.5 Å². The fourth-order valence-electron chi connectivity index (χ4n) is 4.56. The van der Waals surface area contributed by atoms with E-state index in [1.807, 2.05) is 88.4 Å². The molecule has 0 atom stereocenters. The highest BCUT2D eigenvalue weighted by molar-refractivity contribution is 8.19. The van der Waals surface area contributed by atoms with E-state index in [0.717, 1.165) is 44.9 Å². The van der Waals surface area contributed by atoms with E-state index < -0.39 is 0 Å². The van der Waals surface area contributed by atoms with Crippen LogP contribution < -0.4 is 9.80 Å². The van der Waals surface area contributed by atoms with Gasteiger partial charge in [-0.1, -0.05) is 48.5 Å². The first-order chi connectivity index (χ1) is 17.3. The third-order valence-electron chi connectivity index (χ3n) is 6.85. The number of hydrogen-bond acceptors (Lipinski definition) is 4. The fraction of sp³-hybridized carbons (Fsp3) is 0.167. The number of amidine groups is 1. The molecule has 2 amide bonds. The average Bonchev–Trinajstić information content (AvgIpc) is 3.32. The number of aryl methyl sites for hydroxylation is 2. The smallest absolute Gasteiger partial charge is 0.272 e. The summed E-state index contributed by atoms with van der Waals surface area (Å²) in [4.78, 5) is 36.4. The van der Waals surface area contributed by atoms with Crippen LogP contribution in [0.15, 0.2) is 83.2 Å². The number of rotatable bonds is 4. The Kier molecular flexibility index (Phi) is 6.14. The van der Waals surface area contributed by atoms with Crippen LogP contribution in [0.25, 0.3) is 5.57 Å². The minimum absolute atomic E-state index is 0.194. The monoisotopic (exact) mass is 493 g/mol. The molecule has 0 aliphatic carbocycles. The van der Waals surface area contributed by atoms with Crippen LogP contribution in [0, 0.1) is 27.7 Å². The first kappa shape index (κ1) is 23.8. The van der Waals surface area contributed by atoms with Crippen molar-refractivity contribution in [1.29, 1.82) is 0 Å². The number of carbonyl (C=O) groups excluding carboxylic acids is 2. The molecule has 1 fully saturated rings. The lowest BCUT2D eigenvalue weighted by Gasteiger charge is -2.19. The molecule has 3 aromatic rings. The number of amides is 2. The molecule has 0 spiro atoms. The lowest BCUT2D eigenvalue weighted by molar-refractivity contribution is -0.115. The lowest BCUT2D eigenvalue weighted by Crippen LogP contribution is -2.30. The zero-order valence-electron chi connectivity index (χ0n) is 20.8. The molecule has 1 saturated heterocycles. The second kappa shape index (κ2) is 9.28. The maximum Gasteiger partial charge on any atom is 0.272 e. The molecule has 5 rings (SSSR count). The van der Waals surface area contributed by atoms with E-state index in [-0.39, 0.29) is 11.8 Å². The predicted octanol–water partition coefficient (Wildman–Crippen LogP) is 6.63. The van der Waals surface area contributed by atoms with Gasteiger partial charge in [0.25, 0.3) is 11.8 Å². The predicted molar refractivity (Wildman–Crippen MR) is 150 cm³/mol. The number of hydrogen-bond donors (Lipinski definition) is 0. The molecule has 0 N–H and O–H groups in total. The highest BCUT2D eigenvalue weighted by Crippen LogP contribution is 2.46. The molecule has 3 aromatic carbocycles. The molecule has 0 unspecified atom stereocenters. The van der Waals surface area contributed by atoms with E-state index in [1.165, 1.54) is 11.8 Å². The molecule has 0 saturated carbocycles. The van der Waals surface area contributed by atoms with Crippen molar-refractivity contribution in [2.75, 3.05) is 16.3 Å². The number of benzene rings is 3. The minimum atomic E-state index is -0.239. The van der Waals surface area contributed by atoms with Gasteiger partial charge in [-0.3, -0.25) is 14.5 Å². The quantitative estimate of drug-likeness (QED) is 0.303. The average molecular weight is 494 g/mol. The molecule has 0 bridgehead atoms. The first-order valence-electron chi connectivity index (χ1n) is 11.8. The number of nitrogens with zero attached hydrogens (tertiary/aromatic N) is 3. The van der Waals surface area contributed by atoms with Crippen LogP contribution in [0.4, 0.5) is 17.1 Å². The Hall–Kier alpha value is -3.90. The number of para-hydroxylation sites is 1. The third-order valence-corrected chi connectivity index (χ3v) is 7.89. The molecule has 180 valence electrons. The summed E-state index contributed by atoms with van der Waals surface area (Å²) in [6.07, 6.45) is 1.70. The maximum absolute atomic E-state index is 14.1. The van der Waals surface area contributed by atoms with Gasteiger partial charge in [-0.15, -0.1) is 6.58 Å². The van der Waals surface area contributed by atoms with Crippen LogP contribution in [0.3, 0.4) is 0 Å². The van der Waals surface area contributed by atoms with Crippen molar-refractivity contribution in [3.05, 3.63) is 106 Å². The Balaban J connectivity index is 1.74. The van der Waals surface area contributed by atoms with E-state index >= 15 is 0 Å². The van der Waals surface area contributed by atoms with Gasteiger partial charge in [0.15, 0.2) is 5.17 Å². The summed E-state index contributed by atoms with van der Waals surface area (Å²) in [6, 6.07) is 19.5. The molecule has 2 heterocycles. The summed E-state index contributed by atoms with van der Waals surface area (Å²) in [6.45, 7) is 12.3. The van der Waals surface area contributed by atoms with Crippen LogP contribution in [-0.2, 0) is 9.59 Å². The minimum Gasteiger partial charge on any atom is -0.304 e. The maximum atomic E-state index is 14.1. The third kappa shape index (κ3) is 3.78. The first-order valence-corrected chi connectivity index (χ1v) is 12.6. The molecule has 0 radical (unpaired) electrons. The van der Waals surface area contributed by atoms with Crippen molar-refractivity contribution in [3.63, 3.8) is 0 Å². The van der Waals surface area contributed by atoms with Crippen molar-refractivity contribution in [1.82, 2.24) is 0 Å². The second-order valence-electron chi connectivity index (χ2n) is 9.00. The Labute approximate surface area is 215 Å². The largest absolute Gasteiger partial charge is 0.304 e. The number of anilines is 2. The molecule has 36 heavy (non-hydrogen) atoms. The van der Waals surface area contributed by atoms with Crippen LogP contribution in [0.5, 0.6) is 0 Å². The fourth-order valence-corrected chi connectivity index (χ4v) is 5.64. The van der Waals surface area contributed by atoms with Gasteiger partial charge in [0.2, 0.25) is 0 Å². The summed E-state index contributed by atoms with van der Waals surface area (Å²) >= 11 is 1.26. The van der Waals surface area contributed by atoms with E-state index in [9.17, 15) is 9.59 Å². The van der Waals surface area contributed by atoms with Crippen molar-refractivity contribution >= 4 is 51.4 Å². The number of carbonyl (C=O) groups is 2. The topological polar surface area (TPSA) is 53.0 Å². The summed E-state index contributed by atoms with van der Waals surface area (Å²) in [5.74, 6) is -0.433. The van der Waals surface area contributed by atoms with Crippen molar-refractivity contribution in [2.45, 2.75) is 27.7 Å². The van der Waals surface area contributed by atoms with Gasteiger partial charge in [0.05, 0.1) is 27.5 Å². The Morgan fingerprint density at radius 3 is 2.25 bits per heavy atom. The van der Waals surface area contributed by atoms with E-state index in [1.54, 1.807) is 15.9 Å². The Bertz CT molecular complexity index is 1500. The van der Waals surface area contributed by atoms with Crippen LogP contribution in [0.2, 0.25) is 0 Å². The molecular formula is C30H27N3O2S. The standard InChI is InChI=1S/C30H27N3O2S/c1-6-17-32-25-15-8-7-13-22(25)26(28(32)34)27-29(35)33(24-16-10-12-19(3)21(24)5)30(36-27)31-23-14-9-11-18(2)20(23)4/h6-16H,1,17H2,2-5H3. The van der Waals surface area contributed by atoms with Gasteiger partial charge in [-0.2, -0.15) is 0 Å². The molecule has 5 nitrogen and oxygen atoms in total. The zero-order valence-corrected chi connectivity index (χ0v) is 21.6. The summed E-state index contributed by atoms with van der Waals surface area (Å²) in [7, 11) is 0. The van der Waals surface area contributed by atoms with E-state index in [2.05, 4.69) is 6.58 Å². The summed E-state index contributed by atoms with van der Waals surface area (Å²) < 4.78 is 0. The van der Waals surface area contributed by atoms with Crippen molar-refractivity contribution in [2.24, 2.45) is 4.99 Å². The van der Waals surface area contributed by atoms with Crippen LogP contribution >= 0.6 is 11.8 Å². The van der Waals surface area contributed by atoms with Crippen LogP contribution in [0.1, 0.15) is 27.8 Å². The van der Waals surface area contributed by atoms with Gasteiger partial charge in [-0.05, 0) is 79.9 Å². The van der Waals surface area contributed by atoms with Gasteiger partial charge >= 0.3 is 0 Å². The molecule has 2 aliphatic rings. The summed E-state index contributed by atoms with van der Waals surface area (Å²) in [5.41, 5.74) is 7.80. The Morgan fingerprint density at radius 2 is 1.50 bits per heavy atom. The highest BCUT2D eigenvalue weighted by Gasteiger charge is 2.43. The Morgan fingerprint density at radius 1 is 0.833 bits per heavy atom. The SMILES string of the molecule is C=CCN1C(=O)C(=C2SC(=Nc3cccc(C)c3C)N(c3cccc(C)c3C)C2=O)c2ccccc21. The highest BCUT2D eigenvalue weighted by atomic mass is 32.2. The lowest BCUT2D eigenvalue weighted by atomic mass is 10.1. The number of thioether (sulfide) groups is 1. The molecule has 0 aromatic heterocycles.